The lowest BCUT2D eigenvalue weighted by Crippen LogP contribution is -2.25. The number of rotatable bonds is 9. The van der Waals surface area contributed by atoms with E-state index in [0.717, 1.165) is 49.7 Å². The predicted molar refractivity (Wildman–Crippen MR) is 137 cm³/mol. The van der Waals surface area contributed by atoms with Gasteiger partial charge in [-0.05, 0) is 78.3 Å². The average molecular weight is 511 g/mol. The molecule has 1 saturated heterocycles. The molecule has 5 rings (SSSR count). The smallest absolute Gasteiger partial charge is 0.166 e. The average Bonchev–Trinajstić information content (AvgIpc) is 3.76. The third kappa shape index (κ3) is 5.86. The zero-order valence-corrected chi connectivity index (χ0v) is 21.1. The topological polar surface area (TPSA) is 42.0 Å². The Morgan fingerprint density at radius 1 is 0.946 bits per heavy atom. The van der Waals surface area contributed by atoms with Crippen LogP contribution in [0.1, 0.15) is 74.2 Å². The fraction of sp³-hybridized carbons (Fsp3) is 0.419. The molecule has 1 aliphatic carbocycles. The Morgan fingerprint density at radius 3 is 2.32 bits per heavy atom. The zero-order valence-electron chi connectivity index (χ0n) is 21.1. The van der Waals surface area contributed by atoms with Crippen molar-refractivity contribution in [2.45, 2.75) is 70.2 Å². The number of aliphatic hydroxyl groups excluding tert-OH is 1. The third-order valence-electron chi connectivity index (χ3n) is 7.77. The van der Waals surface area contributed by atoms with E-state index in [9.17, 15) is 9.50 Å². The van der Waals surface area contributed by atoms with Crippen LogP contribution in [0.4, 0.5) is 13.2 Å². The highest BCUT2D eigenvalue weighted by atomic mass is 19.2. The van der Waals surface area contributed by atoms with Gasteiger partial charge in [-0.3, -0.25) is 0 Å². The van der Waals surface area contributed by atoms with Gasteiger partial charge in [0.25, 0.3) is 0 Å². The molecule has 1 heterocycles. The van der Waals surface area contributed by atoms with Gasteiger partial charge in [-0.2, -0.15) is 0 Å². The molecule has 1 N–H and O–H groups in total. The van der Waals surface area contributed by atoms with E-state index in [-0.39, 0.29) is 42.0 Å². The Morgan fingerprint density at radius 2 is 1.68 bits per heavy atom. The normalized spacial score (nSPS) is 22.0. The summed E-state index contributed by atoms with van der Waals surface area (Å²) in [5.74, 6) is -1.67. The molecule has 2 fully saturated rings. The molecule has 1 aliphatic heterocycles. The SMILES string of the molecule is CCCC(O)C1CCC(c2ccc(-c3ccc(COc4ccc(C5CO5)cc4F)cc3)c(F)c2F)CC1. The summed E-state index contributed by atoms with van der Waals surface area (Å²) < 4.78 is 55.3. The fourth-order valence-corrected chi connectivity index (χ4v) is 5.47. The molecule has 196 valence electrons. The molecular weight excluding hydrogens is 477 g/mol. The van der Waals surface area contributed by atoms with Gasteiger partial charge in [-0.1, -0.05) is 55.8 Å². The second-order valence-corrected chi connectivity index (χ2v) is 10.3. The number of hydrogen-bond acceptors (Lipinski definition) is 3. The minimum atomic E-state index is -0.837. The van der Waals surface area contributed by atoms with Crippen molar-refractivity contribution in [1.29, 1.82) is 0 Å². The van der Waals surface area contributed by atoms with Crippen LogP contribution >= 0.6 is 0 Å². The highest BCUT2D eigenvalue weighted by Gasteiger charge is 2.29. The Bertz CT molecular complexity index is 1220. The van der Waals surface area contributed by atoms with Gasteiger partial charge in [0.15, 0.2) is 23.2 Å². The van der Waals surface area contributed by atoms with Gasteiger partial charge in [0.05, 0.1) is 12.7 Å². The Hall–Kier alpha value is -2.83. The summed E-state index contributed by atoms with van der Waals surface area (Å²) in [6.45, 7) is 2.83. The molecule has 2 unspecified atom stereocenters. The lowest BCUT2D eigenvalue weighted by atomic mass is 9.75. The Balaban J connectivity index is 1.22. The van der Waals surface area contributed by atoms with Crippen LogP contribution in [-0.4, -0.2) is 17.8 Å². The lowest BCUT2D eigenvalue weighted by molar-refractivity contribution is 0.0727. The fourth-order valence-electron chi connectivity index (χ4n) is 5.47. The summed E-state index contributed by atoms with van der Waals surface area (Å²) in [6.07, 6.45) is 4.60. The molecule has 6 heteroatoms. The largest absolute Gasteiger partial charge is 0.486 e. The van der Waals surface area contributed by atoms with Crippen LogP contribution < -0.4 is 4.74 Å². The van der Waals surface area contributed by atoms with E-state index < -0.39 is 17.5 Å². The second-order valence-electron chi connectivity index (χ2n) is 10.3. The summed E-state index contributed by atoms with van der Waals surface area (Å²) in [6, 6.07) is 15.2. The van der Waals surface area contributed by atoms with Crippen LogP contribution in [-0.2, 0) is 11.3 Å². The van der Waals surface area contributed by atoms with Crippen molar-refractivity contribution in [3.05, 3.63) is 88.7 Å². The van der Waals surface area contributed by atoms with Crippen LogP contribution in [0.3, 0.4) is 0 Å². The zero-order chi connectivity index (χ0) is 25.9. The first-order valence-electron chi connectivity index (χ1n) is 13.2. The molecule has 0 spiro atoms. The molecule has 3 nitrogen and oxygen atoms in total. The molecule has 0 bridgehead atoms. The number of halogens is 3. The van der Waals surface area contributed by atoms with Crippen LogP contribution in [0, 0.1) is 23.4 Å². The van der Waals surface area contributed by atoms with Crippen LogP contribution in [0.2, 0.25) is 0 Å². The predicted octanol–water partition coefficient (Wildman–Crippen LogP) is 7.86. The van der Waals surface area contributed by atoms with Gasteiger partial charge in [0.1, 0.15) is 12.7 Å². The third-order valence-corrected chi connectivity index (χ3v) is 7.77. The van der Waals surface area contributed by atoms with Gasteiger partial charge >= 0.3 is 0 Å². The first-order chi connectivity index (χ1) is 17.9. The van der Waals surface area contributed by atoms with E-state index in [2.05, 4.69) is 6.92 Å². The quantitative estimate of drug-likeness (QED) is 0.298. The molecule has 3 aromatic rings. The maximum Gasteiger partial charge on any atom is 0.166 e. The van der Waals surface area contributed by atoms with E-state index in [4.69, 9.17) is 9.47 Å². The number of aliphatic hydroxyl groups is 1. The molecule has 2 atom stereocenters. The van der Waals surface area contributed by atoms with Crippen molar-refractivity contribution >= 4 is 0 Å². The van der Waals surface area contributed by atoms with Crippen molar-refractivity contribution in [1.82, 2.24) is 0 Å². The van der Waals surface area contributed by atoms with E-state index in [1.54, 1.807) is 48.5 Å². The molecule has 0 radical (unpaired) electrons. The summed E-state index contributed by atoms with van der Waals surface area (Å²) in [5, 5.41) is 10.3. The first-order valence-corrected chi connectivity index (χ1v) is 13.2. The summed E-state index contributed by atoms with van der Waals surface area (Å²) >= 11 is 0. The van der Waals surface area contributed by atoms with Crippen LogP contribution in [0.5, 0.6) is 5.75 Å². The molecule has 0 aromatic heterocycles. The molecule has 0 amide bonds. The minimum absolute atomic E-state index is 0.0185. The molecule has 1 saturated carbocycles. The number of benzene rings is 3. The van der Waals surface area contributed by atoms with Gasteiger partial charge in [0.2, 0.25) is 0 Å². The van der Waals surface area contributed by atoms with E-state index in [1.165, 1.54) is 6.07 Å². The van der Waals surface area contributed by atoms with E-state index in [0.29, 0.717) is 17.7 Å². The van der Waals surface area contributed by atoms with Crippen molar-refractivity contribution in [2.24, 2.45) is 5.92 Å². The lowest BCUT2D eigenvalue weighted by Gasteiger charge is -2.32. The number of epoxide rings is 1. The van der Waals surface area contributed by atoms with Crippen LogP contribution in [0.25, 0.3) is 11.1 Å². The summed E-state index contributed by atoms with van der Waals surface area (Å²) in [4.78, 5) is 0. The number of ether oxygens (including phenoxy) is 2. The monoisotopic (exact) mass is 510 g/mol. The summed E-state index contributed by atoms with van der Waals surface area (Å²) in [7, 11) is 0. The molecule has 37 heavy (non-hydrogen) atoms. The van der Waals surface area contributed by atoms with Crippen molar-refractivity contribution in [2.75, 3.05) is 6.61 Å². The van der Waals surface area contributed by atoms with Crippen LogP contribution in [0.15, 0.2) is 54.6 Å². The second kappa shape index (κ2) is 11.3. The van der Waals surface area contributed by atoms with Crippen molar-refractivity contribution in [3.63, 3.8) is 0 Å². The maximum absolute atomic E-state index is 15.1. The van der Waals surface area contributed by atoms with Crippen molar-refractivity contribution < 1.29 is 27.8 Å². The Labute approximate surface area is 216 Å². The van der Waals surface area contributed by atoms with Gasteiger partial charge in [0, 0.05) is 5.56 Å². The first kappa shape index (κ1) is 25.8. The minimum Gasteiger partial charge on any atom is -0.486 e. The standard InChI is InChI=1S/C31H33F3O3/c1-2-3-27(35)22-10-8-21(9-11-22)25-14-13-24(30(33)31(25)34)20-6-4-19(5-7-20)17-36-28-15-12-23(16-26(28)32)29-18-37-29/h4-7,12-16,21-22,27,29,35H,2-3,8-11,17-18H2,1H3. The molecular formula is C31H33F3O3. The molecule has 2 aliphatic rings. The number of hydrogen-bond donors (Lipinski definition) is 1. The van der Waals surface area contributed by atoms with E-state index in [1.807, 2.05) is 0 Å². The maximum atomic E-state index is 15.1. The highest BCUT2D eigenvalue weighted by molar-refractivity contribution is 5.65. The van der Waals surface area contributed by atoms with Crippen molar-refractivity contribution in [3.8, 4) is 16.9 Å². The molecule has 3 aromatic carbocycles. The summed E-state index contributed by atoms with van der Waals surface area (Å²) in [5.41, 5.74) is 2.80. The van der Waals surface area contributed by atoms with Gasteiger partial charge < -0.3 is 14.6 Å². The highest BCUT2D eigenvalue weighted by Crippen LogP contribution is 2.40. The van der Waals surface area contributed by atoms with E-state index >= 15 is 8.78 Å². The van der Waals surface area contributed by atoms with Gasteiger partial charge in [-0.25, -0.2) is 13.2 Å². The Kier molecular flexibility index (Phi) is 7.87. The van der Waals surface area contributed by atoms with Gasteiger partial charge in [-0.15, -0.1) is 0 Å².